The van der Waals surface area contributed by atoms with Gasteiger partial charge in [0.2, 0.25) is 0 Å². The maximum absolute atomic E-state index is 13.7. The predicted octanol–water partition coefficient (Wildman–Crippen LogP) is 3.32. The lowest BCUT2D eigenvalue weighted by Gasteiger charge is -2.60. The molecule has 0 aromatic heterocycles. The molecule has 4 aliphatic rings. The third-order valence-corrected chi connectivity index (χ3v) is 10.3. The summed E-state index contributed by atoms with van der Waals surface area (Å²) < 4.78 is 24.0. The van der Waals surface area contributed by atoms with Gasteiger partial charge in [0.1, 0.15) is 30.2 Å². The van der Waals surface area contributed by atoms with Gasteiger partial charge in [0.25, 0.3) is 0 Å². The molecule has 0 aromatic carbocycles. The van der Waals surface area contributed by atoms with Gasteiger partial charge < -0.3 is 18.9 Å². The molecule has 9 nitrogen and oxygen atoms in total. The molecule has 4 saturated carbocycles. The Morgan fingerprint density at radius 1 is 0.811 bits per heavy atom. The van der Waals surface area contributed by atoms with E-state index in [4.69, 9.17) is 18.9 Å². The first-order valence-corrected chi connectivity index (χ1v) is 12.9. The number of hydrogen-bond donors (Lipinski definition) is 0. The van der Waals surface area contributed by atoms with Crippen molar-refractivity contribution in [2.24, 2.45) is 33.5 Å². The topological polar surface area (TPSA) is 122 Å². The van der Waals surface area contributed by atoms with Gasteiger partial charge in [-0.3, -0.25) is 24.0 Å². The summed E-state index contributed by atoms with van der Waals surface area (Å²) in [6, 6.07) is 0. The van der Waals surface area contributed by atoms with E-state index in [0.717, 1.165) is 0 Å². The maximum Gasteiger partial charge on any atom is 0.303 e. The minimum atomic E-state index is -1.20. The van der Waals surface area contributed by atoms with Gasteiger partial charge in [-0.05, 0) is 23.8 Å². The lowest BCUT2D eigenvalue weighted by atomic mass is 9.42. The SMILES string of the molecule is C=C1[C@@H](OC(C)=O)CC[C@@]2(C)[C@@H](OC(C)=O)[C@H](OC(C)=O)C34C(C)C(=O)C[C@@H](C(OC(C)=O)C132)C4(C)C. The zero-order valence-electron chi connectivity index (χ0n) is 23.0. The van der Waals surface area contributed by atoms with Crippen LogP contribution in [0.25, 0.3) is 0 Å². The van der Waals surface area contributed by atoms with E-state index in [1.807, 2.05) is 27.7 Å². The Kier molecular flexibility index (Phi) is 6.20. The fraction of sp³-hybridized carbons (Fsp3) is 0.750. The number of rotatable bonds is 4. The fourth-order valence-corrected chi connectivity index (χ4v) is 9.47. The van der Waals surface area contributed by atoms with Crippen LogP contribution in [0.15, 0.2) is 12.2 Å². The molecule has 2 bridgehead atoms. The molecule has 4 unspecified atom stereocenters. The molecule has 9 heteroatoms. The highest BCUT2D eigenvalue weighted by Gasteiger charge is 2.92. The number of ketones is 1. The minimum absolute atomic E-state index is 0.0521. The van der Waals surface area contributed by atoms with E-state index < -0.39 is 81.8 Å². The number of carbonyl (C=O) groups is 5. The molecule has 4 rings (SSSR count). The standard InChI is InChI=1S/C28H38O9/c1-13-20(33)12-19-22(35-16(4)30)28-14(2)21(34-15(3)29)10-11-26(28,9)23(36-17(5)31)24(37-18(6)32)27(13,28)25(19,7)8/h13,19,21-24H,2,10-12H2,1,3-9H3/t13?,19-,21-,22?,23-,24-,26-,27?,28?/m0/s1. The molecule has 0 amide bonds. The molecule has 204 valence electrons. The summed E-state index contributed by atoms with van der Waals surface area (Å²) in [5, 5.41) is 0. The second-order valence-electron chi connectivity index (χ2n) is 12.1. The van der Waals surface area contributed by atoms with Crippen molar-refractivity contribution in [3.05, 3.63) is 12.2 Å². The molecule has 2 spiro atoms. The molecule has 0 saturated heterocycles. The number of carbonyl (C=O) groups excluding carboxylic acids is 5. The van der Waals surface area contributed by atoms with E-state index in [1.54, 1.807) is 0 Å². The van der Waals surface area contributed by atoms with Crippen molar-refractivity contribution in [3.63, 3.8) is 0 Å². The highest BCUT2D eigenvalue weighted by Crippen LogP contribution is 2.86. The summed E-state index contributed by atoms with van der Waals surface area (Å²) in [4.78, 5) is 63.5. The molecule has 0 heterocycles. The van der Waals surface area contributed by atoms with Gasteiger partial charge in [-0.25, -0.2) is 0 Å². The lowest BCUT2D eigenvalue weighted by molar-refractivity contribution is -0.194. The van der Waals surface area contributed by atoms with E-state index in [-0.39, 0.29) is 12.2 Å². The number of esters is 4. The van der Waals surface area contributed by atoms with Gasteiger partial charge in [-0.1, -0.05) is 34.3 Å². The van der Waals surface area contributed by atoms with E-state index in [9.17, 15) is 24.0 Å². The average Bonchev–Trinajstić information content (AvgIpc) is 2.99. The third kappa shape index (κ3) is 3.12. The molecule has 4 fully saturated rings. The second-order valence-corrected chi connectivity index (χ2v) is 12.1. The molecule has 37 heavy (non-hydrogen) atoms. The second kappa shape index (κ2) is 8.40. The van der Waals surface area contributed by atoms with Crippen molar-refractivity contribution >= 4 is 29.7 Å². The van der Waals surface area contributed by atoms with Crippen LogP contribution in [0.2, 0.25) is 0 Å². The van der Waals surface area contributed by atoms with Crippen LogP contribution in [0.4, 0.5) is 0 Å². The molecule has 9 atom stereocenters. The molecule has 0 N–H and O–H groups in total. The Morgan fingerprint density at radius 3 is 1.81 bits per heavy atom. The Balaban J connectivity index is 2.17. The Hall–Kier alpha value is -2.71. The van der Waals surface area contributed by atoms with Crippen LogP contribution in [0, 0.1) is 33.5 Å². The highest BCUT2D eigenvalue weighted by molar-refractivity contribution is 5.86. The molecule has 4 aliphatic carbocycles. The number of hydrogen-bond acceptors (Lipinski definition) is 9. The first-order chi connectivity index (χ1) is 17.0. The van der Waals surface area contributed by atoms with Crippen LogP contribution in [0.5, 0.6) is 0 Å². The normalized spacial score (nSPS) is 43.4. The summed E-state index contributed by atoms with van der Waals surface area (Å²) in [5.74, 6) is -3.30. The monoisotopic (exact) mass is 518 g/mol. The Bertz CT molecular complexity index is 1090. The van der Waals surface area contributed by atoms with Crippen molar-refractivity contribution in [1.29, 1.82) is 0 Å². The van der Waals surface area contributed by atoms with Gasteiger partial charge in [0.05, 0.1) is 5.41 Å². The molecule has 0 radical (unpaired) electrons. The lowest BCUT2D eigenvalue weighted by Crippen LogP contribution is -2.63. The summed E-state index contributed by atoms with van der Waals surface area (Å²) in [6.07, 6.45) is -2.59. The minimum Gasteiger partial charge on any atom is -0.461 e. The van der Waals surface area contributed by atoms with Crippen LogP contribution >= 0.6 is 0 Å². The van der Waals surface area contributed by atoms with Gasteiger partial charge >= 0.3 is 23.9 Å². The average molecular weight is 519 g/mol. The molecule has 0 aliphatic heterocycles. The summed E-state index contributed by atoms with van der Waals surface area (Å²) in [7, 11) is 0. The molecule has 0 aromatic rings. The Labute approximate surface area is 217 Å². The van der Waals surface area contributed by atoms with E-state index in [1.165, 1.54) is 27.7 Å². The number of Topliss-reactive ketones (excluding diaryl/α,β-unsaturated/α-hetero) is 1. The number of ether oxygens (including phenoxy) is 4. The summed E-state index contributed by atoms with van der Waals surface area (Å²) >= 11 is 0. The molecular formula is C28H38O9. The van der Waals surface area contributed by atoms with Crippen molar-refractivity contribution in [2.75, 3.05) is 0 Å². The largest absolute Gasteiger partial charge is 0.461 e. The van der Waals surface area contributed by atoms with Gasteiger partial charge in [-0.15, -0.1) is 0 Å². The van der Waals surface area contributed by atoms with Gasteiger partial charge in [-0.2, -0.15) is 0 Å². The van der Waals surface area contributed by atoms with E-state index in [2.05, 4.69) is 6.58 Å². The zero-order chi connectivity index (χ0) is 27.9. The van der Waals surface area contributed by atoms with E-state index >= 15 is 0 Å². The highest BCUT2D eigenvalue weighted by atomic mass is 16.6. The molecular weight excluding hydrogens is 480 g/mol. The van der Waals surface area contributed by atoms with Crippen molar-refractivity contribution in [3.8, 4) is 0 Å². The van der Waals surface area contributed by atoms with Crippen LogP contribution in [-0.2, 0) is 42.9 Å². The first kappa shape index (κ1) is 27.3. The van der Waals surface area contributed by atoms with Crippen LogP contribution < -0.4 is 0 Å². The quantitative estimate of drug-likeness (QED) is 0.313. The maximum atomic E-state index is 13.7. The van der Waals surface area contributed by atoms with Gasteiger partial charge in [0.15, 0.2) is 0 Å². The number of fused-ring (bicyclic) bond motifs is 1. The van der Waals surface area contributed by atoms with Crippen LogP contribution in [-0.4, -0.2) is 54.1 Å². The van der Waals surface area contributed by atoms with Crippen LogP contribution in [0.1, 0.15) is 74.7 Å². The Morgan fingerprint density at radius 2 is 1.30 bits per heavy atom. The zero-order valence-corrected chi connectivity index (χ0v) is 23.0. The first-order valence-electron chi connectivity index (χ1n) is 12.9. The van der Waals surface area contributed by atoms with Crippen LogP contribution in [0.3, 0.4) is 0 Å². The summed E-state index contributed by atoms with van der Waals surface area (Å²) in [6.45, 7) is 17.4. The third-order valence-electron chi connectivity index (χ3n) is 10.3. The van der Waals surface area contributed by atoms with Gasteiger partial charge in [0, 0.05) is 56.8 Å². The fourth-order valence-electron chi connectivity index (χ4n) is 9.47. The summed E-state index contributed by atoms with van der Waals surface area (Å²) in [5.41, 5.74) is -3.57. The predicted molar refractivity (Wildman–Crippen MR) is 130 cm³/mol. The van der Waals surface area contributed by atoms with Crippen molar-refractivity contribution < 1.29 is 42.9 Å². The van der Waals surface area contributed by atoms with Crippen molar-refractivity contribution in [1.82, 2.24) is 0 Å². The van der Waals surface area contributed by atoms with E-state index in [0.29, 0.717) is 18.4 Å². The smallest absolute Gasteiger partial charge is 0.303 e. The van der Waals surface area contributed by atoms with Crippen molar-refractivity contribution in [2.45, 2.75) is 99.1 Å².